The summed E-state index contributed by atoms with van der Waals surface area (Å²) in [5.74, 6) is 6.35. The zero-order valence-electron chi connectivity index (χ0n) is 32.0. The molecule has 3 aliphatic rings. The van der Waals surface area contributed by atoms with Crippen LogP contribution in [0.25, 0.3) is 32.9 Å². The molecule has 0 radical (unpaired) electrons. The molecule has 294 valence electrons. The minimum absolute atomic E-state index is 0.0509. The number of ether oxygens (including phenoxy) is 4. The molecular formula is C45H37N7O7. The molecule has 1 atom stereocenters. The van der Waals surface area contributed by atoms with E-state index in [1.165, 1.54) is 11.1 Å². The van der Waals surface area contributed by atoms with E-state index in [4.69, 9.17) is 18.9 Å². The predicted molar refractivity (Wildman–Crippen MR) is 214 cm³/mol. The van der Waals surface area contributed by atoms with Crippen LogP contribution in [-0.2, 0) is 27.9 Å². The Hall–Kier alpha value is -7.29. The average molecular weight is 788 g/mol. The number of aryl methyl sites for hydroxylation is 1. The summed E-state index contributed by atoms with van der Waals surface area (Å²) < 4.78 is 25.8. The molecule has 0 spiro atoms. The van der Waals surface area contributed by atoms with Crippen LogP contribution in [0.4, 0.5) is 0 Å². The Morgan fingerprint density at radius 2 is 1.75 bits per heavy atom. The summed E-state index contributed by atoms with van der Waals surface area (Å²) in [6, 6.07) is 20.6. The Balaban J connectivity index is 0.704. The number of carbonyl (C=O) groups excluding carboxylic acids is 3. The maximum atomic E-state index is 12.9. The maximum absolute atomic E-state index is 12.9. The molecule has 6 aromatic rings. The normalized spacial score (nSPS) is 18.4. The molecule has 1 aliphatic carbocycles. The highest BCUT2D eigenvalue weighted by Crippen LogP contribution is 2.34. The van der Waals surface area contributed by atoms with Gasteiger partial charge in [0.2, 0.25) is 17.7 Å². The molecule has 6 heterocycles. The minimum atomic E-state index is -0.667. The molecule has 9 rings (SSSR count). The van der Waals surface area contributed by atoms with E-state index in [-0.39, 0.29) is 56.8 Å². The van der Waals surface area contributed by atoms with Crippen LogP contribution in [0.3, 0.4) is 0 Å². The number of pyridine rings is 3. The Kier molecular flexibility index (Phi) is 10.1. The Morgan fingerprint density at radius 1 is 0.881 bits per heavy atom. The second-order valence-corrected chi connectivity index (χ2v) is 14.6. The lowest BCUT2D eigenvalue weighted by Crippen LogP contribution is -2.52. The molecule has 1 saturated carbocycles. The van der Waals surface area contributed by atoms with Crippen LogP contribution in [0.2, 0.25) is 0 Å². The first-order valence-electron chi connectivity index (χ1n) is 19.3. The van der Waals surface area contributed by atoms with Gasteiger partial charge in [0.15, 0.2) is 5.75 Å². The first kappa shape index (κ1) is 37.3. The molecule has 14 nitrogen and oxygen atoms in total. The number of aromatic nitrogens is 4. The third kappa shape index (κ3) is 7.61. The van der Waals surface area contributed by atoms with Gasteiger partial charge in [0.25, 0.3) is 5.91 Å². The largest absolute Gasteiger partial charge is 0.491 e. The number of hydrogen-bond acceptors (Lipinski definition) is 11. The van der Waals surface area contributed by atoms with Crippen LogP contribution in [-0.4, -0.2) is 80.2 Å². The number of carbonyl (C=O) groups is 3. The van der Waals surface area contributed by atoms with E-state index < -0.39 is 11.9 Å². The summed E-state index contributed by atoms with van der Waals surface area (Å²) in [6.45, 7) is 0.928. The molecule has 1 unspecified atom stereocenters. The fraction of sp³-hybridized carbons (Fsp3) is 0.267. The first-order chi connectivity index (χ1) is 28.8. The van der Waals surface area contributed by atoms with Crippen LogP contribution in [0.5, 0.6) is 17.4 Å². The van der Waals surface area contributed by atoms with Gasteiger partial charge in [-0.25, -0.2) is 9.97 Å². The van der Waals surface area contributed by atoms with Crippen molar-refractivity contribution in [3.8, 4) is 46.4 Å². The van der Waals surface area contributed by atoms with Crippen LogP contribution < -0.4 is 19.5 Å². The molecule has 3 amide bonds. The number of benzene rings is 2. The number of nitrogens with zero attached hydrogens (tertiary/aromatic N) is 6. The van der Waals surface area contributed by atoms with Gasteiger partial charge in [-0.2, -0.15) is 5.26 Å². The van der Waals surface area contributed by atoms with E-state index in [9.17, 15) is 19.6 Å². The van der Waals surface area contributed by atoms with E-state index in [0.29, 0.717) is 53.5 Å². The summed E-state index contributed by atoms with van der Waals surface area (Å²) >= 11 is 0. The molecule has 59 heavy (non-hydrogen) atoms. The van der Waals surface area contributed by atoms with E-state index in [2.05, 4.69) is 68.0 Å². The van der Waals surface area contributed by atoms with Gasteiger partial charge >= 0.3 is 0 Å². The van der Waals surface area contributed by atoms with Gasteiger partial charge < -0.3 is 28.4 Å². The summed E-state index contributed by atoms with van der Waals surface area (Å²) in [6.07, 6.45) is 8.71. The SMILES string of the molecule is Cn1c2ccncc2c2ccc(-c3ccc(OC4CC(Oc5cnc(C#CCOCCOc6ccc7c(c6)CN(C6CCC(=O)NC6=O)C7=O)cc5C#N)C4)nc3)cc21. The monoisotopic (exact) mass is 787 g/mol. The number of amides is 3. The summed E-state index contributed by atoms with van der Waals surface area (Å²) in [4.78, 5) is 51.4. The Labute approximate surface area is 338 Å². The fourth-order valence-electron chi connectivity index (χ4n) is 7.72. The van der Waals surface area contributed by atoms with Gasteiger partial charge in [-0.3, -0.25) is 24.7 Å². The lowest BCUT2D eigenvalue weighted by Gasteiger charge is -2.35. The predicted octanol–water partition coefficient (Wildman–Crippen LogP) is 5.25. The molecule has 2 aliphatic heterocycles. The van der Waals surface area contributed by atoms with E-state index >= 15 is 0 Å². The molecule has 2 fully saturated rings. The lowest BCUT2D eigenvalue weighted by molar-refractivity contribution is -0.136. The van der Waals surface area contributed by atoms with Crippen molar-refractivity contribution >= 4 is 39.5 Å². The van der Waals surface area contributed by atoms with Crippen molar-refractivity contribution < 1.29 is 33.3 Å². The summed E-state index contributed by atoms with van der Waals surface area (Å²) in [7, 11) is 2.06. The highest BCUT2D eigenvalue weighted by molar-refractivity contribution is 6.08. The molecule has 1 saturated heterocycles. The number of piperidine rings is 1. The third-order valence-corrected chi connectivity index (χ3v) is 10.9. The van der Waals surface area contributed by atoms with E-state index in [1.807, 2.05) is 36.8 Å². The number of rotatable bonds is 11. The number of imide groups is 1. The van der Waals surface area contributed by atoms with Crippen LogP contribution >= 0.6 is 0 Å². The number of hydrogen-bond donors (Lipinski definition) is 1. The zero-order valence-corrected chi connectivity index (χ0v) is 32.0. The molecule has 4 aromatic heterocycles. The number of nitriles is 1. The third-order valence-electron chi connectivity index (χ3n) is 10.9. The van der Waals surface area contributed by atoms with Gasteiger partial charge in [0.05, 0.1) is 23.9 Å². The van der Waals surface area contributed by atoms with Crippen LogP contribution in [0.1, 0.15) is 52.9 Å². The summed E-state index contributed by atoms with van der Waals surface area (Å²) in [5.41, 5.74) is 6.38. The topological polar surface area (TPSA) is 171 Å². The van der Waals surface area contributed by atoms with Gasteiger partial charge in [-0.1, -0.05) is 18.1 Å². The lowest BCUT2D eigenvalue weighted by atomic mass is 9.92. The van der Waals surface area contributed by atoms with E-state index in [1.54, 1.807) is 24.3 Å². The first-order valence-corrected chi connectivity index (χ1v) is 19.3. The summed E-state index contributed by atoms with van der Waals surface area (Å²) in [5, 5.41) is 14.4. The van der Waals surface area contributed by atoms with Gasteiger partial charge in [0, 0.05) is 84.9 Å². The Morgan fingerprint density at radius 3 is 2.58 bits per heavy atom. The van der Waals surface area contributed by atoms with Gasteiger partial charge in [-0.05, 0) is 65.9 Å². The smallest absolute Gasteiger partial charge is 0.255 e. The van der Waals surface area contributed by atoms with Crippen molar-refractivity contribution in [1.29, 1.82) is 5.26 Å². The molecule has 1 N–H and O–H groups in total. The van der Waals surface area contributed by atoms with E-state index in [0.717, 1.165) is 38.5 Å². The van der Waals surface area contributed by atoms with Crippen molar-refractivity contribution in [2.45, 2.75) is 50.5 Å². The quantitative estimate of drug-likeness (QED) is 0.103. The fourth-order valence-corrected chi connectivity index (χ4v) is 7.72. The van der Waals surface area contributed by atoms with Crippen molar-refractivity contribution in [2.24, 2.45) is 7.05 Å². The molecule has 14 heteroatoms. The highest BCUT2D eigenvalue weighted by atomic mass is 16.5. The number of fused-ring (bicyclic) bond motifs is 4. The van der Waals surface area contributed by atoms with Gasteiger partial charge in [-0.15, -0.1) is 0 Å². The van der Waals surface area contributed by atoms with Crippen molar-refractivity contribution in [3.63, 3.8) is 0 Å². The average Bonchev–Trinajstić information content (AvgIpc) is 3.72. The minimum Gasteiger partial charge on any atom is -0.491 e. The van der Waals surface area contributed by atoms with Crippen molar-refractivity contribution in [1.82, 2.24) is 29.7 Å². The van der Waals surface area contributed by atoms with Crippen molar-refractivity contribution in [3.05, 3.63) is 108 Å². The highest BCUT2D eigenvalue weighted by Gasteiger charge is 2.39. The Bertz CT molecular complexity index is 2740. The molecule has 0 bridgehead atoms. The standard InChI is InChI=1S/C45H37N7O7/c1-51-38-12-13-47-24-37(38)36-7-4-27(19-40(36)51)28-5-11-43(49-23-28)59-34-20-33(21-34)58-41-25-48-31(17-29(41)22-46)3-2-14-56-15-16-57-32-6-8-35-30(18-32)26-52(45(35)55)39-9-10-42(53)50-44(39)54/h4-8,11-13,17-19,23-25,33-34,39H,9-10,14-16,20-21,26H2,1H3,(H,50,53,54). The maximum Gasteiger partial charge on any atom is 0.255 e. The van der Waals surface area contributed by atoms with Crippen LogP contribution in [0, 0.1) is 23.2 Å². The van der Waals surface area contributed by atoms with Gasteiger partial charge in [0.1, 0.15) is 49.0 Å². The van der Waals surface area contributed by atoms with Crippen molar-refractivity contribution in [2.75, 3.05) is 19.8 Å². The molecular weight excluding hydrogens is 751 g/mol. The number of nitrogens with one attached hydrogen (secondary N) is 1. The second kappa shape index (κ2) is 15.9. The molecule has 2 aromatic carbocycles. The second-order valence-electron chi connectivity index (χ2n) is 14.6. The van der Waals surface area contributed by atoms with Crippen LogP contribution in [0.15, 0.2) is 85.5 Å². The zero-order chi connectivity index (χ0) is 40.5.